The fourth-order valence-electron chi connectivity index (χ4n) is 2.84. The number of aliphatic imine (C=N–C) groups is 1. The molecule has 0 fully saturated rings. The van der Waals surface area contributed by atoms with Crippen molar-refractivity contribution in [3.8, 4) is 28.5 Å². The van der Waals surface area contributed by atoms with Crippen molar-refractivity contribution in [3.05, 3.63) is 90.3 Å². The van der Waals surface area contributed by atoms with E-state index in [1.54, 1.807) is 6.21 Å². The number of furan rings is 1. The molecule has 4 aromatic rings. The Kier molecular flexibility index (Phi) is 4.19. The zero-order valence-corrected chi connectivity index (χ0v) is 13.9. The van der Waals surface area contributed by atoms with Crippen molar-refractivity contribution >= 4 is 12.1 Å². The molecule has 0 spiro atoms. The molecule has 0 saturated heterocycles. The third-order valence-electron chi connectivity index (χ3n) is 4.04. The Morgan fingerprint density at radius 1 is 0.885 bits per heavy atom. The van der Waals surface area contributed by atoms with Gasteiger partial charge in [-0.2, -0.15) is 5.26 Å². The lowest BCUT2D eigenvalue weighted by molar-refractivity contribution is 0.593. The van der Waals surface area contributed by atoms with Crippen LogP contribution in [0.3, 0.4) is 0 Å². The first-order valence-electron chi connectivity index (χ1n) is 8.22. The number of benzene rings is 2. The number of nitrogens with zero attached hydrogens (tertiary/aromatic N) is 2. The molecule has 1 N–H and O–H groups in total. The smallest absolute Gasteiger partial charge is 0.238 e. The highest BCUT2D eigenvalue weighted by Crippen LogP contribution is 2.42. The minimum atomic E-state index is 0.305. The van der Waals surface area contributed by atoms with Crippen LogP contribution in [0.5, 0.6) is 0 Å². The van der Waals surface area contributed by atoms with Crippen molar-refractivity contribution in [2.24, 2.45) is 4.99 Å². The number of rotatable bonds is 4. The molecule has 26 heavy (non-hydrogen) atoms. The van der Waals surface area contributed by atoms with E-state index >= 15 is 0 Å². The monoisotopic (exact) mass is 337 g/mol. The van der Waals surface area contributed by atoms with Crippen LogP contribution in [0.2, 0.25) is 0 Å². The standard InChI is InChI=1S/C22H15N3O/c23-14-19-20(16-8-3-1-4-9-16)21(17-10-5-2-6-11-17)26-22(19)25-15-18-12-7-13-24-18/h1-13,15,24H/b25-15+. The topological polar surface area (TPSA) is 65.1 Å². The molecule has 0 amide bonds. The number of aromatic amines is 1. The van der Waals surface area contributed by atoms with E-state index in [2.05, 4.69) is 16.0 Å². The van der Waals surface area contributed by atoms with Gasteiger partial charge in [-0.3, -0.25) is 0 Å². The van der Waals surface area contributed by atoms with Crippen molar-refractivity contribution in [2.75, 3.05) is 0 Å². The first-order valence-corrected chi connectivity index (χ1v) is 8.22. The largest absolute Gasteiger partial charge is 0.436 e. The van der Waals surface area contributed by atoms with Gasteiger partial charge in [0.15, 0.2) is 0 Å². The van der Waals surface area contributed by atoms with Crippen LogP contribution in [0.1, 0.15) is 11.3 Å². The van der Waals surface area contributed by atoms with Crippen LogP contribution < -0.4 is 0 Å². The lowest BCUT2D eigenvalue weighted by Gasteiger charge is -2.03. The van der Waals surface area contributed by atoms with Gasteiger partial charge in [0.1, 0.15) is 17.4 Å². The predicted molar refractivity (Wildman–Crippen MR) is 102 cm³/mol. The normalized spacial score (nSPS) is 10.9. The van der Waals surface area contributed by atoms with E-state index in [1.807, 2.05) is 79.0 Å². The third kappa shape index (κ3) is 2.94. The predicted octanol–water partition coefficient (Wildman–Crippen LogP) is 5.56. The van der Waals surface area contributed by atoms with E-state index in [0.29, 0.717) is 17.2 Å². The van der Waals surface area contributed by atoms with Gasteiger partial charge in [-0.25, -0.2) is 4.99 Å². The minimum absolute atomic E-state index is 0.305. The van der Waals surface area contributed by atoms with Gasteiger partial charge in [0, 0.05) is 17.3 Å². The van der Waals surface area contributed by atoms with E-state index in [-0.39, 0.29) is 0 Å². The molecule has 0 atom stereocenters. The van der Waals surface area contributed by atoms with Crippen LogP contribution in [0.15, 0.2) is 88.4 Å². The first kappa shape index (κ1) is 15.7. The lowest BCUT2D eigenvalue weighted by Crippen LogP contribution is -1.83. The number of H-pyrrole nitrogens is 1. The molecular formula is C22H15N3O. The van der Waals surface area contributed by atoms with Crippen molar-refractivity contribution in [3.63, 3.8) is 0 Å². The SMILES string of the molecule is N#Cc1c(/N=C/c2ccc[nH]2)oc(-c2ccccc2)c1-c1ccccc1. The molecule has 4 heteroatoms. The maximum Gasteiger partial charge on any atom is 0.238 e. The summed E-state index contributed by atoms with van der Waals surface area (Å²) in [6, 6.07) is 25.6. The number of hydrogen-bond acceptors (Lipinski definition) is 3. The van der Waals surface area contributed by atoms with Crippen molar-refractivity contribution in [2.45, 2.75) is 0 Å². The van der Waals surface area contributed by atoms with Crippen molar-refractivity contribution in [1.29, 1.82) is 5.26 Å². The molecule has 0 bridgehead atoms. The van der Waals surface area contributed by atoms with E-state index in [4.69, 9.17) is 4.42 Å². The van der Waals surface area contributed by atoms with Gasteiger partial charge in [0.2, 0.25) is 5.88 Å². The molecule has 0 aliphatic carbocycles. The highest BCUT2D eigenvalue weighted by atomic mass is 16.4. The Morgan fingerprint density at radius 2 is 1.58 bits per heavy atom. The number of nitriles is 1. The highest BCUT2D eigenvalue weighted by Gasteiger charge is 2.22. The zero-order chi connectivity index (χ0) is 17.8. The van der Waals surface area contributed by atoms with Gasteiger partial charge < -0.3 is 9.40 Å². The summed E-state index contributed by atoms with van der Waals surface area (Å²) in [6.07, 6.45) is 3.47. The van der Waals surface area contributed by atoms with Crippen LogP contribution in [-0.2, 0) is 0 Å². The Bertz CT molecular complexity index is 1070. The Morgan fingerprint density at radius 3 is 2.19 bits per heavy atom. The second-order valence-electron chi connectivity index (χ2n) is 5.71. The van der Waals surface area contributed by atoms with Gasteiger partial charge >= 0.3 is 0 Å². The summed E-state index contributed by atoms with van der Waals surface area (Å²) < 4.78 is 6.04. The molecule has 2 aromatic heterocycles. The molecule has 0 saturated carbocycles. The maximum atomic E-state index is 9.79. The maximum absolute atomic E-state index is 9.79. The number of hydrogen-bond donors (Lipinski definition) is 1. The van der Waals surface area contributed by atoms with Crippen molar-refractivity contribution in [1.82, 2.24) is 4.98 Å². The van der Waals surface area contributed by atoms with Crippen LogP contribution >= 0.6 is 0 Å². The summed E-state index contributed by atoms with van der Waals surface area (Å²) in [6.45, 7) is 0. The van der Waals surface area contributed by atoms with E-state index in [1.165, 1.54) is 0 Å². The summed E-state index contributed by atoms with van der Waals surface area (Å²) in [5.41, 5.74) is 3.86. The molecule has 0 radical (unpaired) electrons. The quantitative estimate of drug-likeness (QED) is 0.495. The number of aromatic nitrogens is 1. The molecule has 0 unspecified atom stereocenters. The molecule has 0 aliphatic rings. The number of nitrogens with one attached hydrogen (secondary N) is 1. The van der Waals surface area contributed by atoms with Gasteiger partial charge in [-0.05, 0) is 17.7 Å². The van der Waals surface area contributed by atoms with Crippen LogP contribution in [0.4, 0.5) is 5.88 Å². The van der Waals surface area contributed by atoms with Crippen LogP contribution in [0.25, 0.3) is 22.5 Å². The summed E-state index contributed by atoms with van der Waals surface area (Å²) in [5.74, 6) is 0.951. The summed E-state index contributed by atoms with van der Waals surface area (Å²) in [5, 5.41) is 9.79. The fourth-order valence-corrected chi connectivity index (χ4v) is 2.84. The molecule has 0 aliphatic heterocycles. The summed E-state index contributed by atoms with van der Waals surface area (Å²) in [7, 11) is 0. The summed E-state index contributed by atoms with van der Waals surface area (Å²) in [4.78, 5) is 7.46. The Labute approximate surface area is 151 Å². The lowest BCUT2D eigenvalue weighted by atomic mass is 9.98. The first-order chi connectivity index (χ1) is 12.9. The molecule has 2 heterocycles. The molecular weight excluding hydrogens is 322 g/mol. The highest BCUT2D eigenvalue weighted by molar-refractivity contribution is 5.89. The molecule has 4 nitrogen and oxygen atoms in total. The van der Waals surface area contributed by atoms with Crippen LogP contribution in [0, 0.1) is 11.3 Å². The average Bonchev–Trinajstić information content (AvgIpc) is 3.35. The third-order valence-corrected chi connectivity index (χ3v) is 4.04. The molecule has 4 rings (SSSR count). The van der Waals surface area contributed by atoms with Gasteiger partial charge in [-0.15, -0.1) is 0 Å². The van der Waals surface area contributed by atoms with Gasteiger partial charge in [0.05, 0.1) is 11.9 Å². The second kappa shape index (κ2) is 6.96. The van der Waals surface area contributed by atoms with E-state index in [9.17, 15) is 5.26 Å². The Hall–Kier alpha value is -3.84. The van der Waals surface area contributed by atoms with Gasteiger partial charge in [-0.1, -0.05) is 60.7 Å². The van der Waals surface area contributed by atoms with E-state index in [0.717, 1.165) is 22.4 Å². The van der Waals surface area contributed by atoms with E-state index < -0.39 is 0 Å². The Balaban J connectivity index is 1.92. The minimum Gasteiger partial charge on any atom is -0.436 e. The average molecular weight is 337 g/mol. The zero-order valence-electron chi connectivity index (χ0n) is 13.9. The second-order valence-corrected chi connectivity index (χ2v) is 5.71. The van der Waals surface area contributed by atoms with Crippen LogP contribution in [-0.4, -0.2) is 11.2 Å². The summed E-state index contributed by atoms with van der Waals surface area (Å²) >= 11 is 0. The fraction of sp³-hybridized carbons (Fsp3) is 0. The molecule has 2 aromatic carbocycles. The van der Waals surface area contributed by atoms with Gasteiger partial charge in [0.25, 0.3) is 0 Å². The molecule has 124 valence electrons. The van der Waals surface area contributed by atoms with Crippen molar-refractivity contribution < 1.29 is 4.42 Å².